The first-order valence-electron chi connectivity index (χ1n) is 8.50. The van der Waals surface area contributed by atoms with Crippen LogP contribution in [0.25, 0.3) is 0 Å². The second-order valence-corrected chi connectivity index (χ2v) is 6.48. The zero-order chi connectivity index (χ0) is 19.1. The minimum atomic E-state index is -0.480. The lowest BCUT2D eigenvalue weighted by Gasteiger charge is -2.15. The van der Waals surface area contributed by atoms with Crippen LogP contribution in [-0.2, 0) is 4.79 Å². The Morgan fingerprint density at radius 1 is 1.23 bits per heavy atom. The predicted molar refractivity (Wildman–Crippen MR) is 107 cm³/mol. The molecule has 0 radical (unpaired) electrons. The number of nitriles is 1. The van der Waals surface area contributed by atoms with Gasteiger partial charge in [0.2, 0.25) is 0 Å². The number of halogens is 1. The van der Waals surface area contributed by atoms with Crippen LogP contribution in [0, 0.1) is 18.3 Å². The topological polar surface area (TPSA) is 64.9 Å². The van der Waals surface area contributed by atoms with Gasteiger partial charge >= 0.3 is 0 Å². The predicted octanol–water partition coefficient (Wildman–Crippen LogP) is 5.62. The quantitative estimate of drug-likeness (QED) is 0.514. The highest BCUT2D eigenvalue weighted by Crippen LogP contribution is 2.27. The van der Waals surface area contributed by atoms with E-state index < -0.39 is 5.91 Å². The Hall–Kier alpha value is -2.77. The van der Waals surface area contributed by atoms with Crippen molar-refractivity contribution in [1.29, 1.82) is 5.26 Å². The van der Waals surface area contributed by atoms with Crippen molar-refractivity contribution >= 4 is 28.9 Å². The number of carbonyl (C=O) groups excluding carboxylic acids is 1. The number of nitrogens with zero attached hydrogens (tertiary/aromatic N) is 1. The Labute approximate surface area is 159 Å². The average Bonchev–Trinajstić information content (AvgIpc) is 2.65. The normalized spacial score (nSPS) is 12.2. The number of anilines is 2. The van der Waals surface area contributed by atoms with E-state index >= 15 is 0 Å². The van der Waals surface area contributed by atoms with E-state index in [1.165, 1.54) is 6.20 Å². The summed E-state index contributed by atoms with van der Waals surface area (Å²) in [5.74, 6) is -0.105. The van der Waals surface area contributed by atoms with E-state index in [-0.39, 0.29) is 5.57 Å². The number of rotatable bonds is 6. The molecule has 5 heteroatoms. The molecule has 0 spiro atoms. The summed E-state index contributed by atoms with van der Waals surface area (Å²) in [5, 5.41) is 15.8. The second kappa shape index (κ2) is 9.07. The van der Waals surface area contributed by atoms with Crippen LogP contribution in [0.3, 0.4) is 0 Å². The molecule has 2 aromatic rings. The minimum absolute atomic E-state index is 0.0108. The fourth-order valence-corrected chi connectivity index (χ4v) is 2.68. The molecule has 0 heterocycles. The number of amides is 1. The van der Waals surface area contributed by atoms with Gasteiger partial charge in [-0.2, -0.15) is 5.26 Å². The summed E-state index contributed by atoms with van der Waals surface area (Å²) in [5.41, 5.74) is 3.37. The van der Waals surface area contributed by atoms with E-state index in [4.69, 9.17) is 11.6 Å². The first-order valence-corrected chi connectivity index (χ1v) is 8.87. The molecule has 0 fully saturated rings. The Bertz CT molecular complexity index is 868. The molecule has 0 aliphatic rings. The Kier molecular flexibility index (Phi) is 6.82. The number of nitrogens with one attached hydrogen (secondary N) is 2. The van der Waals surface area contributed by atoms with E-state index in [1.54, 1.807) is 18.2 Å². The van der Waals surface area contributed by atoms with Gasteiger partial charge in [-0.1, -0.05) is 49.7 Å². The molecular weight excluding hydrogens is 346 g/mol. The number of hydrogen-bond acceptors (Lipinski definition) is 3. The molecule has 1 atom stereocenters. The van der Waals surface area contributed by atoms with Crippen molar-refractivity contribution in [2.75, 3.05) is 10.6 Å². The van der Waals surface area contributed by atoms with Gasteiger partial charge in [-0.25, -0.2) is 0 Å². The summed E-state index contributed by atoms with van der Waals surface area (Å²) in [4.78, 5) is 12.4. The number of hydrogen-bond donors (Lipinski definition) is 2. The van der Waals surface area contributed by atoms with Crippen molar-refractivity contribution in [3.8, 4) is 6.07 Å². The number of carbonyl (C=O) groups is 1. The third-order valence-electron chi connectivity index (χ3n) is 4.36. The van der Waals surface area contributed by atoms with Gasteiger partial charge in [-0.3, -0.25) is 4.79 Å². The van der Waals surface area contributed by atoms with Gasteiger partial charge < -0.3 is 10.6 Å². The third kappa shape index (κ3) is 4.65. The van der Waals surface area contributed by atoms with Gasteiger partial charge in [0.05, 0.1) is 0 Å². The number of benzene rings is 2. The molecule has 134 valence electrons. The average molecular weight is 368 g/mol. The van der Waals surface area contributed by atoms with Gasteiger partial charge in [0, 0.05) is 22.6 Å². The molecule has 0 aromatic heterocycles. The van der Waals surface area contributed by atoms with Crippen molar-refractivity contribution < 1.29 is 4.79 Å². The van der Waals surface area contributed by atoms with Crippen molar-refractivity contribution in [1.82, 2.24) is 0 Å². The van der Waals surface area contributed by atoms with Crippen LogP contribution < -0.4 is 10.6 Å². The highest BCUT2D eigenvalue weighted by molar-refractivity contribution is 6.31. The van der Waals surface area contributed by atoms with Gasteiger partial charge in [-0.05, 0) is 48.6 Å². The summed E-state index contributed by atoms with van der Waals surface area (Å²) in [6, 6.07) is 15.1. The molecule has 0 aliphatic carbocycles. The SMILES string of the molecule is CCC(C)c1ccccc1N/C=C(/C#N)C(=O)Nc1cccc(Cl)c1C. The Morgan fingerprint density at radius 2 is 1.92 bits per heavy atom. The molecule has 2 N–H and O–H groups in total. The van der Waals surface area contributed by atoms with Crippen molar-refractivity contribution in [2.45, 2.75) is 33.1 Å². The summed E-state index contributed by atoms with van der Waals surface area (Å²) < 4.78 is 0. The highest BCUT2D eigenvalue weighted by atomic mass is 35.5. The van der Waals surface area contributed by atoms with Gasteiger partial charge in [0.25, 0.3) is 5.91 Å². The summed E-state index contributed by atoms with van der Waals surface area (Å²) in [6.07, 6.45) is 2.44. The van der Waals surface area contributed by atoms with E-state index in [9.17, 15) is 10.1 Å². The molecule has 1 unspecified atom stereocenters. The first kappa shape index (κ1) is 19.6. The summed E-state index contributed by atoms with van der Waals surface area (Å²) in [6.45, 7) is 6.08. The van der Waals surface area contributed by atoms with Crippen LogP contribution in [0.4, 0.5) is 11.4 Å². The standard InChI is InChI=1S/C21H22ClN3O/c1-4-14(2)17-8-5-6-10-20(17)24-13-16(12-23)21(26)25-19-11-7-9-18(22)15(19)3/h5-11,13-14,24H,4H2,1-3H3,(H,25,26)/b16-13-. The lowest BCUT2D eigenvalue weighted by Crippen LogP contribution is -2.15. The van der Waals surface area contributed by atoms with E-state index in [0.29, 0.717) is 16.6 Å². The fraction of sp³-hybridized carbons (Fsp3) is 0.238. The molecule has 26 heavy (non-hydrogen) atoms. The van der Waals surface area contributed by atoms with Crippen LogP contribution >= 0.6 is 11.6 Å². The van der Waals surface area contributed by atoms with Crippen LogP contribution in [-0.4, -0.2) is 5.91 Å². The van der Waals surface area contributed by atoms with Crippen LogP contribution in [0.2, 0.25) is 5.02 Å². The fourth-order valence-electron chi connectivity index (χ4n) is 2.51. The van der Waals surface area contributed by atoms with Crippen molar-refractivity contribution in [3.63, 3.8) is 0 Å². The van der Waals surface area contributed by atoms with E-state index in [0.717, 1.165) is 23.2 Å². The summed E-state index contributed by atoms with van der Waals surface area (Å²) in [7, 11) is 0. The molecule has 0 aliphatic heterocycles. The van der Waals surface area contributed by atoms with Crippen LogP contribution in [0.5, 0.6) is 0 Å². The maximum Gasteiger partial charge on any atom is 0.267 e. The second-order valence-electron chi connectivity index (χ2n) is 6.08. The monoisotopic (exact) mass is 367 g/mol. The van der Waals surface area contributed by atoms with Crippen LogP contribution in [0.15, 0.2) is 54.2 Å². The van der Waals surface area contributed by atoms with E-state index in [1.807, 2.05) is 37.3 Å². The lowest BCUT2D eigenvalue weighted by atomic mass is 9.97. The van der Waals surface area contributed by atoms with Crippen LogP contribution in [0.1, 0.15) is 37.3 Å². The largest absolute Gasteiger partial charge is 0.360 e. The molecule has 0 saturated carbocycles. The zero-order valence-electron chi connectivity index (χ0n) is 15.1. The maximum absolute atomic E-state index is 12.4. The maximum atomic E-state index is 12.4. The smallest absolute Gasteiger partial charge is 0.267 e. The lowest BCUT2D eigenvalue weighted by molar-refractivity contribution is -0.112. The summed E-state index contributed by atoms with van der Waals surface area (Å²) >= 11 is 6.07. The van der Waals surface area contributed by atoms with Gasteiger partial charge in [-0.15, -0.1) is 0 Å². The molecule has 2 aromatic carbocycles. The Balaban J connectivity index is 2.20. The molecule has 4 nitrogen and oxygen atoms in total. The van der Waals surface area contributed by atoms with Crippen molar-refractivity contribution in [2.24, 2.45) is 0 Å². The highest BCUT2D eigenvalue weighted by Gasteiger charge is 2.13. The first-order chi connectivity index (χ1) is 12.5. The molecular formula is C21H22ClN3O. The van der Waals surface area contributed by atoms with Gasteiger partial charge in [0.1, 0.15) is 11.6 Å². The number of para-hydroxylation sites is 1. The Morgan fingerprint density at radius 3 is 2.62 bits per heavy atom. The van der Waals surface area contributed by atoms with Crippen molar-refractivity contribution in [3.05, 3.63) is 70.4 Å². The third-order valence-corrected chi connectivity index (χ3v) is 4.77. The minimum Gasteiger partial charge on any atom is -0.360 e. The molecule has 2 rings (SSSR count). The molecule has 0 bridgehead atoms. The molecule has 0 saturated heterocycles. The molecule has 1 amide bonds. The zero-order valence-corrected chi connectivity index (χ0v) is 15.9. The van der Waals surface area contributed by atoms with E-state index in [2.05, 4.69) is 24.5 Å². The van der Waals surface area contributed by atoms with Gasteiger partial charge in [0.15, 0.2) is 0 Å².